The summed E-state index contributed by atoms with van der Waals surface area (Å²) in [5.41, 5.74) is 2.63. The Morgan fingerprint density at radius 1 is 0.947 bits per heavy atom. The predicted octanol–water partition coefficient (Wildman–Crippen LogP) is 3.62. The van der Waals surface area contributed by atoms with E-state index in [-0.39, 0.29) is 0 Å². The van der Waals surface area contributed by atoms with Crippen LogP contribution in [0.5, 0.6) is 0 Å². The Morgan fingerprint density at radius 2 is 1.74 bits per heavy atom. The Labute approximate surface area is 112 Å². The molecule has 0 aliphatic heterocycles. The van der Waals surface area contributed by atoms with Crippen molar-refractivity contribution in [3.8, 4) is 0 Å². The molecule has 0 radical (unpaired) electrons. The van der Waals surface area contributed by atoms with Gasteiger partial charge in [-0.3, -0.25) is 4.98 Å². The van der Waals surface area contributed by atoms with Gasteiger partial charge in [-0.2, -0.15) is 0 Å². The van der Waals surface area contributed by atoms with Crippen LogP contribution in [0.4, 0.5) is 0 Å². The number of aliphatic hydroxyl groups excluding tert-OH is 1. The van der Waals surface area contributed by atoms with Crippen molar-refractivity contribution in [1.29, 1.82) is 0 Å². The highest BCUT2D eigenvalue weighted by Crippen LogP contribution is 2.29. The maximum Gasteiger partial charge on any atom is 0.122 e. The first-order valence-corrected chi connectivity index (χ1v) is 6.34. The summed E-state index contributed by atoms with van der Waals surface area (Å²) in [4.78, 5) is 4.31. The van der Waals surface area contributed by atoms with Crippen LogP contribution < -0.4 is 0 Å². The molecule has 1 heterocycles. The van der Waals surface area contributed by atoms with E-state index in [1.54, 1.807) is 6.20 Å². The van der Waals surface area contributed by atoms with Gasteiger partial charge in [-0.15, -0.1) is 0 Å². The fourth-order valence-electron chi connectivity index (χ4n) is 2.42. The average molecular weight is 249 g/mol. The summed E-state index contributed by atoms with van der Waals surface area (Å²) < 4.78 is 0. The van der Waals surface area contributed by atoms with Crippen LogP contribution >= 0.6 is 0 Å². The van der Waals surface area contributed by atoms with Crippen LogP contribution in [0, 0.1) is 6.92 Å². The van der Waals surface area contributed by atoms with Crippen LogP contribution in [0.25, 0.3) is 10.8 Å². The Bertz CT molecular complexity index is 716. The SMILES string of the molecule is Cc1cccnc1C(O)c1cccc2ccccc12. The number of nitrogens with zero attached hydrogens (tertiary/aromatic N) is 1. The third kappa shape index (κ3) is 2.11. The summed E-state index contributed by atoms with van der Waals surface area (Å²) in [6, 6.07) is 17.9. The number of rotatable bonds is 2. The molecular weight excluding hydrogens is 234 g/mol. The number of fused-ring (bicyclic) bond motifs is 1. The highest BCUT2D eigenvalue weighted by molar-refractivity contribution is 5.86. The molecule has 3 rings (SSSR count). The van der Waals surface area contributed by atoms with Gasteiger partial charge in [0, 0.05) is 6.20 Å². The van der Waals surface area contributed by atoms with Crippen LogP contribution in [0.1, 0.15) is 22.9 Å². The Morgan fingerprint density at radius 3 is 2.58 bits per heavy atom. The molecule has 1 aromatic heterocycles. The molecule has 1 atom stereocenters. The molecule has 2 heteroatoms. The van der Waals surface area contributed by atoms with Crippen molar-refractivity contribution in [1.82, 2.24) is 4.98 Å². The summed E-state index contributed by atoms with van der Waals surface area (Å²) in [5, 5.41) is 12.8. The molecule has 2 nitrogen and oxygen atoms in total. The second-order valence-electron chi connectivity index (χ2n) is 4.68. The van der Waals surface area contributed by atoms with Crippen molar-refractivity contribution in [3.05, 3.63) is 77.6 Å². The third-order valence-corrected chi connectivity index (χ3v) is 3.43. The predicted molar refractivity (Wildman–Crippen MR) is 77.0 cm³/mol. The lowest BCUT2D eigenvalue weighted by atomic mass is 9.97. The van der Waals surface area contributed by atoms with Gasteiger partial charge in [0.2, 0.25) is 0 Å². The normalized spacial score (nSPS) is 12.5. The van der Waals surface area contributed by atoms with Gasteiger partial charge in [-0.25, -0.2) is 0 Å². The number of hydrogen-bond donors (Lipinski definition) is 1. The minimum atomic E-state index is -0.688. The molecule has 0 bridgehead atoms. The fourth-order valence-corrected chi connectivity index (χ4v) is 2.42. The lowest BCUT2D eigenvalue weighted by Crippen LogP contribution is -2.05. The van der Waals surface area contributed by atoms with E-state index < -0.39 is 6.10 Å². The summed E-state index contributed by atoms with van der Waals surface area (Å²) in [6.45, 7) is 1.97. The number of aliphatic hydroxyl groups is 1. The van der Waals surface area contributed by atoms with E-state index in [1.807, 2.05) is 49.4 Å². The molecule has 0 aliphatic carbocycles. The Kier molecular flexibility index (Phi) is 3.02. The van der Waals surface area contributed by atoms with E-state index >= 15 is 0 Å². The van der Waals surface area contributed by atoms with Crippen LogP contribution in [-0.4, -0.2) is 10.1 Å². The van der Waals surface area contributed by atoms with Crippen molar-refractivity contribution >= 4 is 10.8 Å². The molecular formula is C17H15NO. The number of pyridine rings is 1. The topological polar surface area (TPSA) is 33.1 Å². The van der Waals surface area contributed by atoms with Gasteiger partial charge in [-0.05, 0) is 34.9 Å². The maximum atomic E-state index is 10.6. The van der Waals surface area contributed by atoms with Gasteiger partial charge >= 0.3 is 0 Å². The summed E-state index contributed by atoms with van der Waals surface area (Å²) in [6.07, 6.45) is 1.03. The standard InChI is InChI=1S/C17H15NO/c1-12-6-5-11-18-16(12)17(19)15-10-4-8-13-7-2-3-9-14(13)15/h2-11,17,19H,1H3. The molecule has 0 fully saturated rings. The molecule has 0 spiro atoms. The lowest BCUT2D eigenvalue weighted by molar-refractivity contribution is 0.216. The summed E-state index contributed by atoms with van der Waals surface area (Å²) in [5.74, 6) is 0. The van der Waals surface area contributed by atoms with Gasteiger partial charge in [-0.1, -0.05) is 48.5 Å². The molecule has 19 heavy (non-hydrogen) atoms. The van der Waals surface area contributed by atoms with Gasteiger partial charge in [0.05, 0.1) is 5.69 Å². The Balaban J connectivity index is 2.17. The first kappa shape index (κ1) is 11.9. The molecule has 0 saturated carbocycles. The van der Waals surface area contributed by atoms with E-state index in [4.69, 9.17) is 0 Å². The summed E-state index contributed by atoms with van der Waals surface area (Å²) in [7, 11) is 0. The largest absolute Gasteiger partial charge is 0.382 e. The van der Waals surface area contributed by atoms with Crippen LogP contribution in [0.15, 0.2) is 60.8 Å². The van der Waals surface area contributed by atoms with Crippen molar-refractivity contribution in [2.45, 2.75) is 13.0 Å². The molecule has 0 aliphatic rings. The number of benzene rings is 2. The van der Waals surface area contributed by atoms with Gasteiger partial charge in [0.1, 0.15) is 6.10 Å². The van der Waals surface area contributed by atoms with E-state index in [1.165, 1.54) is 0 Å². The highest BCUT2D eigenvalue weighted by atomic mass is 16.3. The first-order valence-electron chi connectivity index (χ1n) is 6.34. The summed E-state index contributed by atoms with van der Waals surface area (Å²) >= 11 is 0. The third-order valence-electron chi connectivity index (χ3n) is 3.43. The fraction of sp³-hybridized carbons (Fsp3) is 0.118. The second kappa shape index (κ2) is 4.82. The molecule has 1 N–H and O–H groups in total. The molecule has 2 aromatic carbocycles. The van der Waals surface area contributed by atoms with Crippen LogP contribution in [0.3, 0.4) is 0 Å². The van der Waals surface area contributed by atoms with Crippen molar-refractivity contribution in [2.75, 3.05) is 0 Å². The van der Waals surface area contributed by atoms with E-state index in [9.17, 15) is 5.11 Å². The van der Waals surface area contributed by atoms with Crippen molar-refractivity contribution in [3.63, 3.8) is 0 Å². The van der Waals surface area contributed by atoms with Gasteiger partial charge in [0.15, 0.2) is 0 Å². The molecule has 0 saturated heterocycles. The smallest absolute Gasteiger partial charge is 0.122 e. The van der Waals surface area contributed by atoms with Crippen LogP contribution in [0.2, 0.25) is 0 Å². The highest BCUT2D eigenvalue weighted by Gasteiger charge is 2.16. The molecule has 3 aromatic rings. The second-order valence-corrected chi connectivity index (χ2v) is 4.68. The lowest BCUT2D eigenvalue weighted by Gasteiger charge is -2.15. The quantitative estimate of drug-likeness (QED) is 0.752. The van der Waals surface area contributed by atoms with Gasteiger partial charge in [0.25, 0.3) is 0 Å². The van der Waals surface area contributed by atoms with E-state index in [0.29, 0.717) is 0 Å². The molecule has 1 unspecified atom stereocenters. The monoisotopic (exact) mass is 249 g/mol. The van der Waals surface area contributed by atoms with Gasteiger partial charge < -0.3 is 5.11 Å². The zero-order valence-electron chi connectivity index (χ0n) is 10.7. The minimum Gasteiger partial charge on any atom is -0.382 e. The number of aromatic nitrogens is 1. The van der Waals surface area contributed by atoms with E-state index in [2.05, 4.69) is 17.1 Å². The van der Waals surface area contributed by atoms with E-state index in [0.717, 1.165) is 27.6 Å². The Hall–Kier alpha value is -2.19. The van der Waals surface area contributed by atoms with Crippen LogP contribution in [-0.2, 0) is 0 Å². The number of hydrogen-bond acceptors (Lipinski definition) is 2. The minimum absolute atomic E-state index is 0.688. The molecule has 0 amide bonds. The zero-order valence-corrected chi connectivity index (χ0v) is 10.7. The van der Waals surface area contributed by atoms with Crippen molar-refractivity contribution in [2.24, 2.45) is 0 Å². The van der Waals surface area contributed by atoms with Crippen molar-refractivity contribution < 1.29 is 5.11 Å². The zero-order chi connectivity index (χ0) is 13.2. The number of aryl methyl sites for hydroxylation is 1. The average Bonchev–Trinajstić information content (AvgIpc) is 2.46. The first-order chi connectivity index (χ1) is 9.27. The maximum absolute atomic E-state index is 10.6. The molecule has 94 valence electrons.